The lowest BCUT2D eigenvalue weighted by atomic mass is 10.0. The zero-order valence-electron chi connectivity index (χ0n) is 15.5. The van der Waals surface area contributed by atoms with Gasteiger partial charge in [-0.1, -0.05) is 48.5 Å². The number of nitrogens with zero attached hydrogens (tertiary/aromatic N) is 5. The monoisotopic (exact) mass is 360 g/mol. The first-order valence-electron chi connectivity index (χ1n) is 9.24. The molecule has 0 aliphatic carbocycles. The van der Waals surface area contributed by atoms with Crippen LogP contribution < -0.4 is 5.32 Å². The van der Waals surface area contributed by atoms with Gasteiger partial charge in [0.25, 0.3) is 0 Å². The first-order valence-corrected chi connectivity index (χ1v) is 9.24. The van der Waals surface area contributed by atoms with Gasteiger partial charge in [0.1, 0.15) is 12.7 Å². The van der Waals surface area contributed by atoms with Crippen molar-refractivity contribution < 1.29 is 0 Å². The van der Waals surface area contributed by atoms with E-state index in [9.17, 15) is 0 Å². The molecule has 2 aromatic carbocycles. The van der Waals surface area contributed by atoms with E-state index in [0.29, 0.717) is 0 Å². The van der Waals surface area contributed by atoms with Crippen LogP contribution in [0, 0.1) is 0 Å². The summed E-state index contributed by atoms with van der Waals surface area (Å²) in [4.78, 5) is 10.8. The summed E-state index contributed by atoms with van der Waals surface area (Å²) in [7, 11) is 1.85. The van der Waals surface area contributed by atoms with Crippen molar-refractivity contribution in [1.29, 1.82) is 0 Å². The number of rotatable bonds is 4. The molecule has 0 saturated heterocycles. The SMILES string of the molecule is CN=C(NCc1cccc(Cn2cncn2)c1)N1CCc2ccccc2C1. The highest BCUT2D eigenvalue weighted by Crippen LogP contribution is 2.18. The van der Waals surface area contributed by atoms with Gasteiger partial charge >= 0.3 is 0 Å². The second-order valence-electron chi connectivity index (χ2n) is 6.75. The average molecular weight is 360 g/mol. The number of aliphatic imine (C=N–C) groups is 1. The number of hydrogen-bond acceptors (Lipinski definition) is 3. The smallest absolute Gasteiger partial charge is 0.194 e. The summed E-state index contributed by atoms with van der Waals surface area (Å²) in [6, 6.07) is 17.2. The van der Waals surface area contributed by atoms with E-state index in [2.05, 4.69) is 73.8 Å². The van der Waals surface area contributed by atoms with Crippen LogP contribution in [0.3, 0.4) is 0 Å². The number of aromatic nitrogens is 3. The van der Waals surface area contributed by atoms with E-state index >= 15 is 0 Å². The number of guanidine groups is 1. The van der Waals surface area contributed by atoms with Crippen LogP contribution >= 0.6 is 0 Å². The molecule has 1 N–H and O–H groups in total. The second kappa shape index (κ2) is 8.03. The first-order chi connectivity index (χ1) is 13.3. The van der Waals surface area contributed by atoms with E-state index in [0.717, 1.165) is 38.6 Å². The molecule has 6 heteroatoms. The van der Waals surface area contributed by atoms with Gasteiger partial charge in [-0.15, -0.1) is 0 Å². The van der Waals surface area contributed by atoms with Gasteiger partial charge in [-0.05, 0) is 28.7 Å². The van der Waals surface area contributed by atoms with E-state index in [-0.39, 0.29) is 0 Å². The van der Waals surface area contributed by atoms with Crippen LogP contribution in [0.4, 0.5) is 0 Å². The van der Waals surface area contributed by atoms with E-state index < -0.39 is 0 Å². The Morgan fingerprint density at radius 2 is 1.96 bits per heavy atom. The van der Waals surface area contributed by atoms with E-state index in [1.54, 1.807) is 12.7 Å². The lowest BCUT2D eigenvalue weighted by Gasteiger charge is -2.31. The van der Waals surface area contributed by atoms with Crippen molar-refractivity contribution in [2.45, 2.75) is 26.1 Å². The highest BCUT2D eigenvalue weighted by molar-refractivity contribution is 5.80. The average Bonchev–Trinajstić information content (AvgIpc) is 3.22. The maximum atomic E-state index is 4.49. The second-order valence-corrected chi connectivity index (χ2v) is 6.75. The van der Waals surface area contributed by atoms with Gasteiger partial charge in [-0.25, -0.2) is 9.67 Å². The summed E-state index contributed by atoms with van der Waals surface area (Å²) in [5.74, 6) is 0.950. The van der Waals surface area contributed by atoms with Crippen molar-refractivity contribution in [2.24, 2.45) is 4.99 Å². The zero-order valence-corrected chi connectivity index (χ0v) is 15.5. The van der Waals surface area contributed by atoms with Crippen LogP contribution in [0.2, 0.25) is 0 Å². The minimum absolute atomic E-state index is 0.728. The molecule has 0 atom stereocenters. The molecule has 0 spiro atoms. The van der Waals surface area contributed by atoms with Gasteiger partial charge in [-0.2, -0.15) is 5.10 Å². The highest BCUT2D eigenvalue weighted by atomic mass is 15.3. The Labute approximate surface area is 159 Å². The van der Waals surface area contributed by atoms with E-state index in [1.165, 1.54) is 22.3 Å². The van der Waals surface area contributed by atoms with Crippen LogP contribution in [0.5, 0.6) is 0 Å². The summed E-state index contributed by atoms with van der Waals surface area (Å²) in [5, 5.41) is 7.69. The van der Waals surface area contributed by atoms with Gasteiger partial charge in [0.2, 0.25) is 0 Å². The maximum Gasteiger partial charge on any atom is 0.194 e. The Hall–Kier alpha value is -3.15. The van der Waals surface area contributed by atoms with Crippen LogP contribution in [0.1, 0.15) is 22.3 Å². The zero-order chi connectivity index (χ0) is 18.5. The van der Waals surface area contributed by atoms with Crippen molar-refractivity contribution in [2.75, 3.05) is 13.6 Å². The van der Waals surface area contributed by atoms with Crippen molar-refractivity contribution in [3.8, 4) is 0 Å². The van der Waals surface area contributed by atoms with Crippen LogP contribution in [-0.2, 0) is 26.1 Å². The van der Waals surface area contributed by atoms with Crippen LogP contribution in [0.15, 0.2) is 66.2 Å². The Morgan fingerprint density at radius 1 is 1.11 bits per heavy atom. The van der Waals surface area contributed by atoms with Gasteiger partial charge in [0.15, 0.2) is 5.96 Å². The normalized spacial score (nSPS) is 14.1. The molecule has 1 aliphatic rings. The summed E-state index contributed by atoms with van der Waals surface area (Å²) < 4.78 is 1.83. The third-order valence-electron chi connectivity index (χ3n) is 4.90. The standard InChI is InChI=1S/C21H24N6/c1-22-21(26-10-9-19-7-2-3-8-20(19)14-26)24-12-17-5-4-6-18(11-17)13-27-16-23-15-25-27/h2-8,11,15-16H,9-10,12-14H2,1H3,(H,22,24). The first kappa shape index (κ1) is 17.3. The minimum atomic E-state index is 0.728. The predicted molar refractivity (Wildman–Crippen MR) is 106 cm³/mol. The van der Waals surface area contributed by atoms with Gasteiger partial charge < -0.3 is 10.2 Å². The molecule has 0 amide bonds. The number of fused-ring (bicyclic) bond motifs is 1. The molecule has 3 aromatic rings. The highest BCUT2D eigenvalue weighted by Gasteiger charge is 2.18. The third-order valence-corrected chi connectivity index (χ3v) is 4.90. The Balaban J connectivity index is 1.39. The fraction of sp³-hybridized carbons (Fsp3) is 0.286. The number of benzene rings is 2. The fourth-order valence-corrected chi connectivity index (χ4v) is 3.53. The summed E-state index contributed by atoms with van der Waals surface area (Å²) in [6.45, 7) is 3.37. The van der Waals surface area contributed by atoms with Crippen molar-refractivity contribution in [1.82, 2.24) is 25.0 Å². The molecule has 27 heavy (non-hydrogen) atoms. The molecule has 1 aromatic heterocycles. The Bertz CT molecular complexity index is 916. The topological polar surface area (TPSA) is 58.3 Å². The van der Waals surface area contributed by atoms with E-state index in [1.807, 2.05) is 11.7 Å². The van der Waals surface area contributed by atoms with Gasteiger partial charge in [0.05, 0.1) is 6.54 Å². The van der Waals surface area contributed by atoms with Crippen molar-refractivity contribution in [3.63, 3.8) is 0 Å². The quantitative estimate of drug-likeness (QED) is 0.574. The molecule has 138 valence electrons. The summed E-state index contributed by atoms with van der Waals surface area (Å²) in [5.41, 5.74) is 5.28. The largest absolute Gasteiger partial charge is 0.352 e. The molecule has 0 radical (unpaired) electrons. The van der Waals surface area contributed by atoms with E-state index in [4.69, 9.17) is 0 Å². The predicted octanol–water partition coefficient (Wildman–Crippen LogP) is 2.46. The Kier molecular flexibility index (Phi) is 5.14. The lowest BCUT2D eigenvalue weighted by Crippen LogP contribution is -2.43. The minimum Gasteiger partial charge on any atom is -0.352 e. The molecule has 2 heterocycles. The Morgan fingerprint density at radius 3 is 2.78 bits per heavy atom. The molecule has 0 unspecified atom stereocenters. The molecule has 1 aliphatic heterocycles. The van der Waals surface area contributed by atoms with Crippen molar-refractivity contribution in [3.05, 3.63) is 83.4 Å². The molecular formula is C21H24N6. The summed E-state index contributed by atoms with van der Waals surface area (Å²) in [6.07, 6.45) is 4.36. The van der Waals surface area contributed by atoms with Crippen molar-refractivity contribution >= 4 is 5.96 Å². The molecule has 0 saturated carbocycles. The number of hydrogen-bond donors (Lipinski definition) is 1. The number of nitrogens with one attached hydrogen (secondary N) is 1. The molecule has 0 fully saturated rings. The van der Waals surface area contributed by atoms with Gasteiger partial charge in [-0.3, -0.25) is 4.99 Å². The molecule has 0 bridgehead atoms. The molecular weight excluding hydrogens is 336 g/mol. The van der Waals surface area contributed by atoms with Gasteiger partial charge in [0, 0.05) is 26.7 Å². The third kappa shape index (κ3) is 4.16. The lowest BCUT2D eigenvalue weighted by molar-refractivity contribution is 0.378. The summed E-state index contributed by atoms with van der Waals surface area (Å²) >= 11 is 0. The maximum absolute atomic E-state index is 4.49. The van der Waals surface area contributed by atoms with Crippen LogP contribution in [0.25, 0.3) is 0 Å². The van der Waals surface area contributed by atoms with Crippen LogP contribution in [-0.4, -0.2) is 39.2 Å². The molecule has 4 rings (SSSR count). The fourth-order valence-electron chi connectivity index (χ4n) is 3.53. The molecule has 6 nitrogen and oxygen atoms in total.